The van der Waals surface area contributed by atoms with E-state index in [4.69, 9.17) is 9.47 Å². The summed E-state index contributed by atoms with van der Waals surface area (Å²) in [5, 5.41) is 5.93. The zero-order valence-electron chi connectivity index (χ0n) is 10.3. The maximum atomic E-state index is 11.4. The molecule has 5 nitrogen and oxygen atoms in total. The molecule has 94 valence electrons. The van der Waals surface area contributed by atoms with E-state index in [-0.39, 0.29) is 17.6 Å². The summed E-state index contributed by atoms with van der Waals surface area (Å²) in [6, 6.07) is 0.181. The molecule has 1 atom stereocenters. The number of amides is 1. The van der Waals surface area contributed by atoms with Crippen LogP contribution >= 0.6 is 0 Å². The average Bonchev–Trinajstić information content (AvgIpc) is 2.66. The third-order valence-electron chi connectivity index (χ3n) is 2.68. The zero-order valence-corrected chi connectivity index (χ0v) is 10.3. The van der Waals surface area contributed by atoms with Gasteiger partial charge >= 0.3 is 0 Å². The van der Waals surface area contributed by atoms with Crippen LogP contribution in [0.15, 0.2) is 0 Å². The van der Waals surface area contributed by atoms with Crippen LogP contribution in [-0.2, 0) is 14.3 Å². The van der Waals surface area contributed by atoms with Gasteiger partial charge in [0.25, 0.3) is 0 Å². The summed E-state index contributed by atoms with van der Waals surface area (Å²) < 4.78 is 10.8. The smallest absolute Gasteiger partial charge is 0.234 e. The molecular weight excluding hydrogens is 208 g/mol. The Hall–Kier alpha value is -0.650. The maximum absolute atomic E-state index is 11.4. The van der Waals surface area contributed by atoms with Crippen LogP contribution in [0, 0.1) is 0 Å². The average molecular weight is 230 g/mol. The Morgan fingerprint density at radius 2 is 2.31 bits per heavy atom. The highest BCUT2D eigenvalue weighted by atomic mass is 16.5. The highest BCUT2D eigenvalue weighted by molar-refractivity contribution is 5.78. The maximum Gasteiger partial charge on any atom is 0.234 e. The first-order chi connectivity index (χ1) is 7.58. The van der Waals surface area contributed by atoms with Gasteiger partial charge in [-0.3, -0.25) is 4.79 Å². The fraction of sp³-hybridized carbons (Fsp3) is 0.909. The van der Waals surface area contributed by atoms with Crippen LogP contribution in [0.2, 0.25) is 0 Å². The molecule has 0 spiro atoms. The van der Waals surface area contributed by atoms with Gasteiger partial charge in [0.05, 0.1) is 13.2 Å². The van der Waals surface area contributed by atoms with Crippen molar-refractivity contribution in [3.05, 3.63) is 0 Å². The van der Waals surface area contributed by atoms with E-state index in [0.717, 1.165) is 13.0 Å². The van der Waals surface area contributed by atoms with Gasteiger partial charge in [0, 0.05) is 32.7 Å². The molecule has 1 rings (SSSR count). The van der Waals surface area contributed by atoms with E-state index in [0.29, 0.717) is 19.7 Å². The Morgan fingerprint density at radius 3 is 2.81 bits per heavy atom. The molecule has 0 aromatic rings. The van der Waals surface area contributed by atoms with Gasteiger partial charge in [-0.15, -0.1) is 0 Å². The van der Waals surface area contributed by atoms with Gasteiger partial charge in [-0.05, 0) is 13.8 Å². The van der Waals surface area contributed by atoms with Crippen molar-refractivity contribution >= 4 is 5.91 Å². The molecule has 0 aliphatic carbocycles. The monoisotopic (exact) mass is 230 g/mol. The number of carbonyl (C=O) groups excluding carboxylic acids is 1. The SMILES string of the molecule is COC1(CNCC(=O)NC(C)C)CCOC1. The van der Waals surface area contributed by atoms with E-state index >= 15 is 0 Å². The number of carbonyl (C=O) groups is 1. The Kier molecular flexibility index (Phi) is 5.18. The molecule has 1 saturated heterocycles. The van der Waals surface area contributed by atoms with E-state index in [2.05, 4.69) is 10.6 Å². The fourth-order valence-electron chi connectivity index (χ4n) is 1.74. The third-order valence-corrected chi connectivity index (χ3v) is 2.68. The first-order valence-electron chi connectivity index (χ1n) is 5.71. The highest BCUT2D eigenvalue weighted by Crippen LogP contribution is 2.21. The number of hydrogen-bond acceptors (Lipinski definition) is 4. The standard InChI is InChI=1S/C11H22N2O3/c1-9(2)13-10(14)6-12-7-11(15-3)4-5-16-8-11/h9,12H,4-8H2,1-3H3,(H,13,14). The molecule has 1 unspecified atom stereocenters. The minimum Gasteiger partial charge on any atom is -0.378 e. The van der Waals surface area contributed by atoms with E-state index in [9.17, 15) is 4.79 Å². The van der Waals surface area contributed by atoms with Crippen LogP contribution in [0.1, 0.15) is 20.3 Å². The number of ether oxygens (including phenoxy) is 2. The van der Waals surface area contributed by atoms with Crippen LogP contribution in [0.5, 0.6) is 0 Å². The van der Waals surface area contributed by atoms with Crippen LogP contribution in [0.25, 0.3) is 0 Å². The first-order valence-corrected chi connectivity index (χ1v) is 5.71. The van der Waals surface area contributed by atoms with Crippen molar-refractivity contribution in [2.75, 3.05) is 33.4 Å². The van der Waals surface area contributed by atoms with E-state index in [1.165, 1.54) is 0 Å². The molecule has 5 heteroatoms. The van der Waals surface area contributed by atoms with Gasteiger partial charge in [0.1, 0.15) is 5.60 Å². The second kappa shape index (κ2) is 6.18. The molecular formula is C11H22N2O3. The molecule has 0 bridgehead atoms. The molecule has 0 radical (unpaired) electrons. The normalized spacial score (nSPS) is 25.0. The van der Waals surface area contributed by atoms with Crippen LogP contribution in [0.3, 0.4) is 0 Å². The van der Waals surface area contributed by atoms with Crippen LogP contribution < -0.4 is 10.6 Å². The second-order valence-corrected chi connectivity index (χ2v) is 4.52. The zero-order chi connectivity index (χ0) is 12.0. The van der Waals surface area contributed by atoms with Gasteiger partial charge in [0.15, 0.2) is 0 Å². The van der Waals surface area contributed by atoms with Crippen molar-refractivity contribution in [1.29, 1.82) is 0 Å². The van der Waals surface area contributed by atoms with Gasteiger partial charge in [0.2, 0.25) is 5.91 Å². The van der Waals surface area contributed by atoms with Crippen molar-refractivity contribution in [2.45, 2.75) is 31.9 Å². The predicted octanol–water partition coefficient (Wildman–Crippen LogP) is -0.0939. The summed E-state index contributed by atoms with van der Waals surface area (Å²) in [7, 11) is 1.69. The van der Waals surface area contributed by atoms with Gasteiger partial charge in [-0.1, -0.05) is 0 Å². The third kappa shape index (κ3) is 4.08. The van der Waals surface area contributed by atoms with Gasteiger partial charge < -0.3 is 20.1 Å². The highest BCUT2D eigenvalue weighted by Gasteiger charge is 2.34. The number of nitrogens with one attached hydrogen (secondary N) is 2. The number of hydrogen-bond donors (Lipinski definition) is 2. The number of methoxy groups -OCH3 is 1. The molecule has 1 amide bonds. The lowest BCUT2D eigenvalue weighted by molar-refractivity contribution is -0.121. The Balaban J connectivity index is 2.21. The van der Waals surface area contributed by atoms with E-state index in [1.54, 1.807) is 7.11 Å². The molecule has 0 saturated carbocycles. The molecule has 1 aliphatic heterocycles. The van der Waals surface area contributed by atoms with E-state index < -0.39 is 0 Å². The lowest BCUT2D eigenvalue weighted by atomic mass is 10.0. The van der Waals surface area contributed by atoms with Crippen molar-refractivity contribution in [2.24, 2.45) is 0 Å². The molecule has 16 heavy (non-hydrogen) atoms. The van der Waals surface area contributed by atoms with Gasteiger partial charge in [-0.2, -0.15) is 0 Å². The summed E-state index contributed by atoms with van der Waals surface area (Å²) in [6.07, 6.45) is 0.877. The first kappa shape index (κ1) is 13.4. The summed E-state index contributed by atoms with van der Waals surface area (Å²) in [5.74, 6) is 0.0140. The summed E-state index contributed by atoms with van der Waals surface area (Å²) in [6.45, 7) is 6.19. The van der Waals surface area contributed by atoms with Crippen molar-refractivity contribution < 1.29 is 14.3 Å². The molecule has 2 N–H and O–H groups in total. The van der Waals surface area contributed by atoms with E-state index in [1.807, 2.05) is 13.8 Å². The molecule has 1 heterocycles. The molecule has 0 aromatic carbocycles. The topological polar surface area (TPSA) is 59.6 Å². The minimum absolute atomic E-state index is 0.0140. The minimum atomic E-state index is -0.252. The second-order valence-electron chi connectivity index (χ2n) is 4.52. The van der Waals surface area contributed by atoms with Crippen LogP contribution in [0.4, 0.5) is 0 Å². The molecule has 0 aromatic heterocycles. The lowest BCUT2D eigenvalue weighted by Crippen LogP contribution is -2.46. The van der Waals surface area contributed by atoms with Crippen molar-refractivity contribution in [3.8, 4) is 0 Å². The van der Waals surface area contributed by atoms with Crippen molar-refractivity contribution in [3.63, 3.8) is 0 Å². The summed E-state index contributed by atoms with van der Waals surface area (Å²) in [5.41, 5.74) is -0.252. The number of rotatable bonds is 6. The quantitative estimate of drug-likeness (QED) is 0.669. The summed E-state index contributed by atoms with van der Waals surface area (Å²) >= 11 is 0. The predicted molar refractivity (Wildman–Crippen MR) is 61.3 cm³/mol. The van der Waals surface area contributed by atoms with Crippen LogP contribution in [-0.4, -0.2) is 51.0 Å². The van der Waals surface area contributed by atoms with Crippen molar-refractivity contribution in [1.82, 2.24) is 10.6 Å². The lowest BCUT2D eigenvalue weighted by Gasteiger charge is -2.25. The fourth-order valence-corrected chi connectivity index (χ4v) is 1.74. The Morgan fingerprint density at radius 1 is 1.56 bits per heavy atom. The molecule has 1 aliphatic rings. The summed E-state index contributed by atoms with van der Waals surface area (Å²) in [4.78, 5) is 11.4. The Labute approximate surface area is 96.9 Å². The Bertz CT molecular complexity index is 225. The molecule has 1 fully saturated rings. The van der Waals surface area contributed by atoms with Gasteiger partial charge in [-0.25, -0.2) is 0 Å². The largest absolute Gasteiger partial charge is 0.378 e.